The predicted molar refractivity (Wildman–Crippen MR) is 126 cm³/mol. The molecule has 31 heavy (non-hydrogen) atoms. The summed E-state index contributed by atoms with van der Waals surface area (Å²) < 4.78 is 18.8. The number of thioether (sulfide) groups is 1. The van der Waals surface area contributed by atoms with Crippen molar-refractivity contribution in [1.82, 2.24) is 10.3 Å². The second kappa shape index (κ2) is 9.47. The van der Waals surface area contributed by atoms with Crippen LogP contribution in [0.15, 0.2) is 76.0 Å². The monoisotopic (exact) mass is 471 g/mol. The van der Waals surface area contributed by atoms with Gasteiger partial charge in [-0.1, -0.05) is 11.6 Å². The average Bonchev–Trinajstić information content (AvgIpc) is 3.17. The molecule has 4 rings (SSSR count). The van der Waals surface area contributed by atoms with Gasteiger partial charge in [0, 0.05) is 21.2 Å². The molecule has 1 amide bonds. The van der Waals surface area contributed by atoms with Crippen LogP contribution in [0, 0.1) is 5.82 Å². The quantitative estimate of drug-likeness (QED) is 0.279. The number of rotatable bonds is 5. The number of carbonyl (C=O) groups is 1. The lowest BCUT2D eigenvalue weighted by Gasteiger charge is -2.09. The van der Waals surface area contributed by atoms with Gasteiger partial charge in [0.05, 0.1) is 5.75 Å². The van der Waals surface area contributed by atoms with Gasteiger partial charge in [-0.3, -0.25) is 4.79 Å². The zero-order valence-electron chi connectivity index (χ0n) is 15.9. The minimum atomic E-state index is -0.325. The van der Waals surface area contributed by atoms with E-state index >= 15 is 0 Å². The highest BCUT2D eigenvalue weighted by Gasteiger charge is 2.11. The summed E-state index contributed by atoms with van der Waals surface area (Å²) in [5, 5.41) is 6.45. The normalized spacial score (nSPS) is 10.8. The molecule has 4 aromatic rings. The Balaban J connectivity index is 1.36. The summed E-state index contributed by atoms with van der Waals surface area (Å²) in [6, 6.07) is 18.4. The van der Waals surface area contributed by atoms with Crippen LogP contribution in [0.3, 0.4) is 0 Å². The van der Waals surface area contributed by atoms with E-state index in [1.165, 1.54) is 23.9 Å². The second-order valence-electron chi connectivity index (χ2n) is 6.45. The molecule has 3 aromatic carbocycles. The fourth-order valence-electron chi connectivity index (χ4n) is 2.73. The summed E-state index contributed by atoms with van der Waals surface area (Å²) in [5.41, 5.74) is 2.52. The van der Waals surface area contributed by atoms with Gasteiger partial charge in [-0.05, 0) is 78.9 Å². The number of halogens is 2. The van der Waals surface area contributed by atoms with E-state index in [0.717, 1.165) is 4.90 Å². The van der Waals surface area contributed by atoms with Crippen molar-refractivity contribution < 1.29 is 13.6 Å². The number of anilines is 1. The van der Waals surface area contributed by atoms with Crippen LogP contribution in [0.5, 0.6) is 0 Å². The first-order valence-electron chi connectivity index (χ1n) is 9.12. The Bertz CT molecular complexity index is 1240. The van der Waals surface area contributed by atoms with Crippen LogP contribution in [-0.4, -0.2) is 21.8 Å². The van der Waals surface area contributed by atoms with E-state index in [4.69, 9.17) is 28.2 Å². The number of hydrogen-bond donors (Lipinski definition) is 2. The third kappa shape index (κ3) is 5.61. The highest BCUT2D eigenvalue weighted by molar-refractivity contribution is 8.00. The molecular weight excluding hydrogens is 457 g/mol. The van der Waals surface area contributed by atoms with Gasteiger partial charge in [0.2, 0.25) is 11.8 Å². The van der Waals surface area contributed by atoms with E-state index in [1.807, 2.05) is 12.1 Å². The molecule has 9 heteroatoms. The average molecular weight is 472 g/mol. The zero-order chi connectivity index (χ0) is 21.8. The number of thiocarbonyl (C=S) groups is 1. The number of amides is 1. The molecule has 0 spiro atoms. The molecule has 0 saturated heterocycles. The number of benzene rings is 3. The molecule has 0 radical (unpaired) electrons. The van der Waals surface area contributed by atoms with Crippen molar-refractivity contribution in [3.8, 4) is 11.5 Å². The molecule has 156 valence electrons. The number of carbonyl (C=O) groups excluding carboxylic acids is 1. The van der Waals surface area contributed by atoms with Gasteiger partial charge in [0.1, 0.15) is 11.3 Å². The van der Waals surface area contributed by atoms with E-state index in [1.54, 1.807) is 42.5 Å². The Morgan fingerprint density at radius 3 is 2.58 bits per heavy atom. The van der Waals surface area contributed by atoms with Gasteiger partial charge in [-0.25, -0.2) is 9.37 Å². The van der Waals surface area contributed by atoms with Gasteiger partial charge < -0.3 is 15.1 Å². The Kier molecular flexibility index (Phi) is 6.50. The zero-order valence-corrected chi connectivity index (χ0v) is 18.3. The van der Waals surface area contributed by atoms with E-state index in [0.29, 0.717) is 33.3 Å². The second-order valence-corrected chi connectivity index (χ2v) is 8.35. The van der Waals surface area contributed by atoms with E-state index in [9.17, 15) is 9.18 Å². The molecule has 0 atom stereocenters. The summed E-state index contributed by atoms with van der Waals surface area (Å²) >= 11 is 12.5. The molecule has 0 unspecified atom stereocenters. The fourth-order valence-corrected chi connectivity index (χ4v) is 3.78. The van der Waals surface area contributed by atoms with Crippen molar-refractivity contribution in [2.24, 2.45) is 0 Å². The molecule has 1 aromatic heterocycles. The van der Waals surface area contributed by atoms with E-state index in [-0.39, 0.29) is 22.6 Å². The number of nitrogens with zero attached hydrogens (tertiary/aromatic N) is 1. The third-order valence-electron chi connectivity index (χ3n) is 4.17. The molecule has 2 N–H and O–H groups in total. The summed E-state index contributed by atoms with van der Waals surface area (Å²) in [6.07, 6.45) is 0. The van der Waals surface area contributed by atoms with Crippen molar-refractivity contribution in [1.29, 1.82) is 0 Å². The van der Waals surface area contributed by atoms with Gasteiger partial charge >= 0.3 is 0 Å². The van der Waals surface area contributed by atoms with Gasteiger partial charge in [0.15, 0.2) is 10.7 Å². The summed E-state index contributed by atoms with van der Waals surface area (Å²) in [4.78, 5) is 17.5. The molecule has 1 heterocycles. The number of oxazole rings is 1. The van der Waals surface area contributed by atoms with Gasteiger partial charge in [-0.2, -0.15) is 0 Å². The largest absolute Gasteiger partial charge is 0.436 e. The molecule has 0 aliphatic carbocycles. The van der Waals surface area contributed by atoms with Crippen molar-refractivity contribution in [3.05, 3.63) is 77.6 Å². The predicted octanol–water partition coefficient (Wildman–Crippen LogP) is 5.89. The maximum Gasteiger partial charge on any atom is 0.236 e. The molecule has 0 saturated carbocycles. The van der Waals surface area contributed by atoms with Gasteiger partial charge in [-0.15, -0.1) is 11.8 Å². The molecule has 0 bridgehead atoms. The van der Waals surface area contributed by atoms with Crippen molar-refractivity contribution in [2.45, 2.75) is 4.90 Å². The molecular formula is C22H15ClFN3O2S2. The summed E-state index contributed by atoms with van der Waals surface area (Å²) in [5.74, 6) is 0.0570. The maximum atomic E-state index is 13.1. The Hall–Kier alpha value is -2.94. The number of nitrogens with one attached hydrogen (secondary N) is 2. The Morgan fingerprint density at radius 2 is 1.84 bits per heavy atom. The van der Waals surface area contributed by atoms with Crippen molar-refractivity contribution in [2.75, 3.05) is 11.1 Å². The van der Waals surface area contributed by atoms with Crippen LogP contribution in [0.4, 0.5) is 10.1 Å². The first-order valence-corrected chi connectivity index (χ1v) is 10.9. The SMILES string of the molecule is O=C(CSc1ccc(Cl)cc1)NC(=S)Nc1ccc2oc(-c3ccc(F)cc3)nc2c1. The third-order valence-corrected chi connectivity index (χ3v) is 5.64. The Morgan fingerprint density at radius 1 is 1.10 bits per heavy atom. The van der Waals surface area contributed by atoms with Gasteiger partial charge in [0.25, 0.3) is 0 Å². The van der Waals surface area contributed by atoms with Crippen LogP contribution in [0.2, 0.25) is 5.02 Å². The standard InChI is InChI=1S/C22H15ClFN3O2S2/c23-14-3-8-17(9-4-14)31-12-20(28)27-22(30)25-16-7-10-19-18(11-16)26-21(29-19)13-1-5-15(24)6-2-13/h1-11H,12H2,(H2,25,27,28,30). The number of fused-ring (bicyclic) bond motifs is 1. The van der Waals surface area contributed by atoms with E-state index in [2.05, 4.69) is 15.6 Å². The lowest BCUT2D eigenvalue weighted by molar-refractivity contribution is -0.117. The first kappa shape index (κ1) is 21.3. The smallest absolute Gasteiger partial charge is 0.236 e. The van der Waals surface area contributed by atoms with E-state index < -0.39 is 0 Å². The first-order chi connectivity index (χ1) is 15.0. The number of aromatic nitrogens is 1. The number of hydrogen-bond acceptors (Lipinski definition) is 5. The van der Waals surface area contributed by atoms with Crippen molar-refractivity contribution in [3.63, 3.8) is 0 Å². The minimum absolute atomic E-state index is 0.184. The highest BCUT2D eigenvalue weighted by Crippen LogP contribution is 2.26. The lowest BCUT2D eigenvalue weighted by atomic mass is 10.2. The molecule has 0 aliphatic rings. The maximum absolute atomic E-state index is 13.1. The lowest BCUT2D eigenvalue weighted by Crippen LogP contribution is -2.35. The summed E-state index contributed by atoms with van der Waals surface area (Å²) in [7, 11) is 0. The molecule has 5 nitrogen and oxygen atoms in total. The topological polar surface area (TPSA) is 67.2 Å². The highest BCUT2D eigenvalue weighted by atomic mass is 35.5. The fraction of sp³-hybridized carbons (Fsp3) is 0.0455. The minimum Gasteiger partial charge on any atom is -0.436 e. The van der Waals surface area contributed by atoms with Crippen LogP contribution < -0.4 is 10.6 Å². The van der Waals surface area contributed by atoms with Crippen LogP contribution in [0.1, 0.15) is 0 Å². The van der Waals surface area contributed by atoms with Crippen molar-refractivity contribution >= 4 is 63.4 Å². The summed E-state index contributed by atoms with van der Waals surface area (Å²) in [6.45, 7) is 0. The van der Waals surface area contributed by atoms with Crippen LogP contribution in [-0.2, 0) is 4.79 Å². The van der Waals surface area contributed by atoms with Crippen LogP contribution in [0.25, 0.3) is 22.6 Å². The molecule has 0 fully saturated rings. The van der Waals surface area contributed by atoms with Crippen LogP contribution >= 0.6 is 35.6 Å². The Labute approximate surface area is 192 Å². The molecule has 0 aliphatic heterocycles.